The summed E-state index contributed by atoms with van der Waals surface area (Å²) < 4.78 is 0. The van der Waals surface area contributed by atoms with Crippen LogP contribution < -0.4 is 10.2 Å². The van der Waals surface area contributed by atoms with Crippen molar-refractivity contribution in [1.29, 1.82) is 0 Å². The predicted molar refractivity (Wildman–Crippen MR) is 111 cm³/mol. The van der Waals surface area contributed by atoms with Gasteiger partial charge in [0.25, 0.3) is 0 Å². The second kappa shape index (κ2) is 7.32. The highest BCUT2D eigenvalue weighted by Crippen LogP contribution is 2.41. The van der Waals surface area contributed by atoms with Crippen molar-refractivity contribution in [3.8, 4) is 0 Å². The van der Waals surface area contributed by atoms with Crippen LogP contribution in [-0.2, 0) is 13.0 Å². The Balaban J connectivity index is 1.50. The number of hydrogen-bond donors (Lipinski definition) is 2. The molecule has 2 aliphatic rings. The van der Waals surface area contributed by atoms with E-state index in [1.165, 1.54) is 6.42 Å². The van der Waals surface area contributed by atoms with E-state index in [4.69, 9.17) is 0 Å². The van der Waals surface area contributed by atoms with E-state index in [-0.39, 0.29) is 5.41 Å². The lowest BCUT2D eigenvalue weighted by atomic mass is 9.70. The molecule has 1 fully saturated rings. The quantitative estimate of drug-likeness (QED) is 0.845. The summed E-state index contributed by atoms with van der Waals surface area (Å²) in [6.07, 6.45) is 8.33. The Hall–Kier alpha value is -2.21. The van der Waals surface area contributed by atoms with Gasteiger partial charge in [-0.15, -0.1) is 0 Å². The molecule has 1 aliphatic carbocycles. The lowest BCUT2D eigenvalue weighted by Gasteiger charge is -2.41. The average Bonchev–Trinajstić information content (AvgIpc) is 2.65. The minimum atomic E-state index is -0.674. The van der Waals surface area contributed by atoms with E-state index in [0.29, 0.717) is 6.54 Å². The summed E-state index contributed by atoms with van der Waals surface area (Å²) >= 11 is 0. The molecule has 1 saturated carbocycles. The number of nitrogens with zero attached hydrogens (tertiary/aromatic N) is 4. The third kappa shape index (κ3) is 4.12. The van der Waals surface area contributed by atoms with Gasteiger partial charge in [0, 0.05) is 37.8 Å². The van der Waals surface area contributed by atoms with Gasteiger partial charge in [0.2, 0.25) is 0 Å². The molecule has 2 N–H and O–H groups in total. The molecule has 3 heterocycles. The van der Waals surface area contributed by atoms with Crippen molar-refractivity contribution < 1.29 is 5.11 Å². The Labute approximate surface area is 167 Å². The Kier molecular flexibility index (Phi) is 5.00. The minimum Gasteiger partial charge on any atom is -0.388 e. The molecule has 0 amide bonds. The number of aromatic nitrogens is 3. The Morgan fingerprint density at radius 2 is 2.04 bits per heavy atom. The van der Waals surface area contributed by atoms with Gasteiger partial charge >= 0.3 is 0 Å². The molecular formula is C22H31N5O. The van der Waals surface area contributed by atoms with Gasteiger partial charge in [-0.05, 0) is 49.7 Å². The van der Waals surface area contributed by atoms with Crippen molar-refractivity contribution >= 4 is 11.6 Å². The normalized spacial score (nSPS) is 23.9. The second-order valence-corrected chi connectivity index (χ2v) is 9.29. The number of aliphatic hydroxyl groups is 1. The van der Waals surface area contributed by atoms with E-state index < -0.39 is 5.60 Å². The van der Waals surface area contributed by atoms with Gasteiger partial charge in [-0.2, -0.15) is 0 Å². The topological polar surface area (TPSA) is 74.2 Å². The van der Waals surface area contributed by atoms with Gasteiger partial charge in [-0.3, -0.25) is 0 Å². The molecule has 1 aliphatic heterocycles. The molecule has 6 heteroatoms. The third-order valence-corrected chi connectivity index (χ3v) is 6.11. The highest BCUT2D eigenvalue weighted by Gasteiger charge is 2.38. The zero-order valence-corrected chi connectivity index (χ0v) is 17.2. The van der Waals surface area contributed by atoms with Gasteiger partial charge in [0.15, 0.2) is 0 Å². The Bertz CT molecular complexity index is 835. The first-order chi connectivity index (χ1) is 13.3. The number of anilines is 2. The first-order valence-corrected chi connectivity index (χ1v) is 10.3. The molecule has 0 spiro atoms. The molecule has 2 aromatic heterocycles. The summed E-state index contributed by atoms with van der Waals surface area (Å²) in [6, 6.07) is 4.17. The zero-order chi connectivity index (χ0) is 19.8. The van der Waals surface area contributed by atoms with E-state index in [1.54, 1.807) is 6.33 Å². The molecule has 0 radical (unpaired) electrons. The highest BCUT2D eigenvalue weighted by molar-refractivity contribution is 5.52. The molecule has 0 aromatic carbocycles. The van der Waals surface area contributed by atoms with Crippen LogP contribution in [0.5, 0.6) is 0 Å². The summed E-state index contributed by atoms with van der Waals surface area (Å²) in [5, 5.41) is 14.6. The summed E-state index contributed by atoms with van der Waals surface area (Å²) in [6.45, 7) is 8.71. The molecule has 4 rings (SSSR count). The zero-order valence-electron chi connectivity index (χ0n) is 17.2. The van der Waals surface area contributed by atoms with Crippen molar-refractivity contribution in [1.82, 2.24) is 15.0 Å². The molecular weight excluding hydrogens is 350 g/mol. The Morgan fingerprint density at radius 1 is 1.18 bits per heavy atom. The number of nitrogens with one attached hydrogen (secondary N) is 1. The number of fused-ring (bicyclic) bond motifs is 1. The number of rotatable bonds is 4. The monoisotopic (exact) mass is 381 g/mol. The first-order valence-electron chi connectivity index (χ1n) is 10.3. The van der Waals surface area contributed by atoms with Gasteiger partial charge in [-0.25, -0.2) is 15.0 Å². The van der Waals surface area contributed by atoms with Crippen LogP contribution in [0.25, 0.3) is 0 Å². The van der Waals surface area contributed by atoms with Crippen molar-refractivity contribution in [3.05, 3.63) is 41.5 Å². The van der Waals surface area contributed by atoms with Crippen molar-refractivity contribution in [2.24, 2.45) is 5.41 Å². The lowest BCUT2D eigenvalue weighted by Crippen LogP contribution is -2.44. The predicted octanol–water partition coefficient (Wildman–Crippen LogP) is 3.49. The SMILES string of the molecule is Cc1ccc(N2CCc3ncnc(NCC4(O)CCCC(C)(C)C4)c3C2)nc1. The van der Waals surface area contributed by atoms with Crippen molar-refractivity contribution in [2.45, 2.75) is 65.0 Å². The smallest absolute Gasteiger partial charge is 0.134 e. The van der Waals surface area contributed by atoms with Gasteiger partial charge in [-0.1, -0.05) is 19.9 Å². The minimum absolute atomic E-state index is 0.188. The first kappa shape index (κ1) is 19.1. The van der Waals surface area contributed by atoms with Gasteiger partial charge in [0.1, 0.15) is 18.0 Å². The van der Waals surface area contributed by atoms with Gasteiger partial charge in [0.05, 0.1) is 11.3 Å². The standard InChI is InChI=1S/C22H31N5O/c1-16-5-6-19(23-11-16)27-10-7-18-17(12-27)20(26-15-25-18)24-14-22(28)9-4-8-21(2,3)13-22/h5-6,11,15,28H,4,7-10,12-14H2,1-3H3,(H,24,25,26). The number of aryl methyl sites for hydroxylation is 1. The van der Waals surface area contributed by atoms with Crippen LogP contribution >= 0.6 is 0 Å². The Morgan fingerprint density at radius 3 is 2.79 bits per heavy atom. The van der Waals surface area contributed by atoms with Crippen molar-refractivity contribution in [2.75, 3.05) is 23.3 Å². The van der Waals surface area contributed by atoms with Crippen LogP contribution in [0.15, 0.2) is 24.7 Å². The average molecular weight is 382 g/mol. The molecule has 150 valence electrons. The van der Waals surface area contributed by atoms with Crippen LogP contribution in [0.4, 0.5) is 11.6 Å². The lowest BCUT2D eigenvalue weighted by molar-refractivity contribution is -0.0278. The highest BCUT2D eigenvalue weighted by atomic mass is 16.3. The van der Waals surface area contributed by atoms with Crippen LogP contribution in [-0.4, -0.2) is 38.7 Å². The molecule has 1 atom stereocenters. The van der Waals surface area contributed by atoms with Crippen molar-refractivity contribution in [3.63, 3.8) is 0 Å². The van der Waals surface area contributed by atoms with Crippen LogP contribution in [0.2, 0.25) is 0 Å². The van der Waals surface area contributed by atoms with E-state index in [0.717, 1.165) is 67.2 Å². The van der Waals surface area contributed by atoms with E-state index in [2.05, 4.69) is 58.1 Å². The largest absolute Gasteiger partial charge is 0.388 e. The molecule has 2 aromatic rings. The summed E-state index contributed by atoms with van der Waals surface area (Å²) in [4.78, 5) is 15.9. The van der Waals surface area contributed by atoms with Crippen LogP contribution in [0.1, 0.15) is 56.4 Å². The molecule has 0 saturated heterocycles. The fraction of sp³-hybridized carbons (Fsp3) is 0.591. The summed E-state index contributed by atoms with van der Waals surface area (Å²) in [7, 11) is 0. The second-order valence-electron chi connectivity index (χ2n) is 9.29. The fourth-order valence-electron chi connectivity index (χ4n) is 4.70. The molecule has 6 nitrogen and oxygen atoms in total. The van der Waals surface area contributed by atoms with E-state index >= 15 is 0 Å². The summed E-state index contributed by atoms with van der Waals surface area (Å²) in [5.74, 6) is 1.83. The third-order valence-electron chi connectivity index (χ3n) is 6.11. The van der Waals surface area contributed by atoms with E-state index in [9.17, 15) is 5.11 Å². The fourth-order valence-corrected chi connectivity index (χ4v) is 4.70. The molecule has 28 heavy (non-hydrogen) atoms. The van der Waals surface area contributed by atoms with Crippen LogP contribution in [0.3, 0.4) is 0 Å². The summed E-state index contributed by atoms with van der Waals surface area (Å²) in [5.41, 5.74) is 2.89. The number of hydrogen-bond acceptors (Lipinski definition) is 6. The maximum atomic E-state index is 11.1. The van der Waals surface area contributed by atoms with Crippen LogP contribution in [0, 0.1) is 12.3 Å². The maximum Gasteiger partial charge on any atom is 0.134 e. The van der Waals surface area contributed by atoms with E-state index in [1.807, 2.05) is 6.20 Å². The molecule has 0 bridgehead atoms. The maximum absolute atomic E-state index is 11.1. The molecule has 1 unspecified atom stereocenters. The van der Waals surface area contributed by atoms with Gasteiger partial charge < -0.3 is 15.3 Å². The number of pyridine rings is 1.